The highest BCUT2D eigenvalue weighted by Gasteiger charge is 2.38. The molecule has 10 heteroatoms. The normalized spacial score (nSPS) is 12.3. The van der Waals surface area contributed by atoms with Gasteiger partial charge >= 0.3 is 23.9 Å². The number of ether oxygens (including phenoxy) is 4. The minimum absolute atomic E-state index is 0.212. The van der Waals surface area contributed by atoms with Crippen molar-refractivity contribution in [2.24, 2.45) is 5.92 Å². The highest BCUT2D eigenvalue weighted by Crippen LogP contribution is 2.15. The van der Waals surface area contributed by atoms with Gasteiger partial charge in [-0.15, -0.1) is 0 Å². The molecule has 2 atom stereocenters. The quantitative estimate of drug-likeness (QED) is 0.409. The Labute approximate surface area is 138 Å². The van der Waals surface area contributed by atoms with Gasteiger partial charge in [0.2, 0.25) is 5.91 Å². The standard InChI is InChI=1S/C14H21NO9/c1-21-10(17)6-5-9(16)15-12(14(20)24-4)8(13(19)23-3)7-11(18)22-2/h8,12H,5-7H2,1-4H3,(H,15,16)/t8-,12-/m1/s1. The molecule has 0 heterocycles. The summed E-state index contributed by atoms with van der Waals surface area (Å²) in [7, 11) is 4.41. The zero-order valence-electron chi connectivity index (χ0n) is 14.0. The van der Waals surface area contributed by atoms with Gasteiger partial charge < -0.3 is 24.3 Å². The second-order valence-electron chi connectivity index (χ2n) is 4.55. The summed E-state index contributed by atoms with van der Waals surface area (Å²) >= 11 is 0. The maximum Gasteiger partial charge on any atom is 0.329 e. The minimum Gasteiger partial charge on any atom is -0.469 e. The average Bonchev–Trinajstić information content (AvgIpc) is 2.60. The Morgan fingerprint density at radius 1 is 0.750 bits per heavy atom. The SMILES string of the molecule is COC(=O)CCC(=O)N[C@@H](C(=O)OC)[C@@H](CC(=O)OC)C(=O)OC. The van der Waals surface area contributed by atoms with Crippen LogP contribution in [-0.2, 0) is 42.9 Å². The Bertz CT molecular complexity index is 489. The van der Waals surface area contributed by atoms with Crippen LogP contribution in [-0.4, -0.2) is 64.3 Å². The predicted octanol–water partition coefficient (Wildman–Crippen LogP) is -1.05. The van der Waals surface area contributed by atoms with Gasteiger partial charge in [0, 0.05) is 6.42 Å². The lowest BCUT2D eigenvalue weighted by Crippen LogP contribution is -2.50. The summed E-state index contributed by atoms with van der Waals surface area (Å²) in [5.74, 6) is -5.27. The molecule has 1 amide bonds. The maximum atomic E-state index is 11.9. The fourth-order valence-corrected chi connectivity index (χ4v) is 1.77. The number of nitrogens with one attached hydrogen (secondary N) is 1. The van der Waals surface area contributed by atoms with Crippen molar-refractivity contribution < 1.29 is 42.9 Å². The number of esters is 4. The molecule has 0 aliphatic rings. The van der Waals surface area contributed by atoms with Crippen LogP contribution in [0.5, 0.6) is 0 Å². The molecule has 0 saturated carbocycles. The van der Waals surface area contributed by atoms with Gasteiger partial charge in [-0.2, -0.15) is 0 Å². The average molecular weight is 347 g/mol. The number of amides is 1. The van der Waals surface area contributed by atoms with Crippen molar-refractivity contribution in [1.29, 1.82) is 0 Å². The summed E-state index contributed by atoms with van der Waals surface area (Å²) in [6, 6.07) is -1.47. The summed E-state index contributed by atoms with van der Waals surface area (Å²) < 4.78 is 18.0. The van der Waals surface area contributed by atoms with E-state index in [0.29, 0.717) is 0 Å². The van der Waals surface area contributed by atoms with E-state index in [4.69, 9.17) is 0 Å². The number of carbonyl (C=O) groups is 5. The fraction of sp³-hybridized carbons (Fsp3) is 0.643. The van der Waals surface area contributed by atoms with Gasteiger partial charge in [-0.05, 0) is 0 Å². The predicted molar refractivity (Wildman–Crippen MR) is 77.3 cm³/mol. The lowest BCUT2D eigenvalue weighted by molar-refractivity contribution is -0.159. The second kappa shape index (κ2) is 11.0. The van der Waals surface area contributed by atoms with Gasteiger partial charge in [0.1, 0.15) is 6.04 Å². The number of hydrogen-bond donors (Lipinski definition) is 1. The van der Waals surface area contributed by atoms with Gasteiger partial charge in [-0.25, -0.2) is 4.79 Å². The van der Waals surface area contributed by atoms with Gasteiger partial charge in [0.05, 0.1) is 47.2 Å². The Kier molecular flexibility index (Phi) is 9.76. The largest absolute Gasteiger partial charge is 0.469 e. The van der Waals surface area contributed by atoms with Gasteiger partial charge in [0.25, 0.3) is 0 Å². The van der Waals surface area contributed by atoms with Crippen molar-refractivity contribution in [1.82, 2.24) is 5.32 Å². The fourth-order valence-electron chi connectivity index (χ4n) is 1.77. The zero-order valence-corrected chi connectivity index (χ0v) is 14.0. The highest BCUT2D eigenvalue weighted by molar-refractivity contribution is 5.91. The Morgan fingerprint density at radius 2 is 1.29 bits per heavy atom. The molecule has 0 unspecified atom stereocenters. The monoisotopic (exact) mass is 347 g/mol. The highest BCUT2D eigenvalue weighted by atomic mass is 16.5. The number of carbonyl (C=O) groups excluding carboxylic acids is 5. The van der Waals surface area contributed by atoms with E-state index in [1.807, 2.05) is 0 Å². The molecule has 0 aromatic carbocycles. The summed E-state index contributed by atoms with van der Waals surface area (Å²) in [5, 5.41) is 2.26. The number of hydrogen-bond acceptors (Lipinski definition) is 9. The van der Waals surface area contributed by atoms with Crippen LogP contribution < -0.4 is 5.32 Å². The molecule has 1 N–H and O–H groups in total. The molecular formula is C14H21NO9. The van der Waals surface area contributed by atoms with E-state index in [0.717, 1.165) is 21.3 Å². The van der Waals surface area contributed by atoms with E-state index in [2.05, 4.69) is 24.3 Å². The van der Waals surface area contributed by atoms with Crippen LogP contribution in [0.3, 0.4) is 0 Å². The summed E-state index contributed by atoms with van der Waals surface area (Å²) in [6.07, 6.45) is -0.984. The third kappa shape index (κ3) is 7.07. The van der Waals surface area contributed by atoms with Crippen LogP contribution in [0.1, 0.15) is 19.3 Å². The molecule has 0 rings (SSSR count). The van der Waals surface area contributed by atoms with E-state index in [1.54, 1.807) is 0 Å². The lowest BCUT2D eigenvalue weighted by Gasteiger charge is -2.23. The minimum atomic E-state index is -1.47. The molecule has 10 nitrogen and oxygen atoms in total. The smallest absolute Gasteiger partial charge is 0.329 e. The molecule has 0 bridgehead atoms. The van der Waals surface area contributed by atoms with Gasteiger partial charge in [-0.3, -0.25) is 19.2 Å². The van der Waals surface area contributed by atoms with Crippen molar-refractivity contribution in [2.75, 3.05) is 28.4 Å². The lowest BCUT2D eigenvalue weighted by atomic mass is 9.95. The molecule has 0 saturated heterocycles. The molecule has 0 fully saturated rings. The van der Waals surface area contributed by atoms with E-state index < -0.39 is 48.2 Å². The topological polar surface area (TPSA) is 134 Å². The number of methoxy groups -OCH3 is 4. The first kappa shape index (κ1) is 21.4. The van der Waals surface area contributed by atoms with Crippen LogP contribution in [0.15, 0.2) is 0 Å². The van der Waals surface area contributed by atoms with Crippen molar-refractivity contribution in [3.05, 3.63) is 0 Å². The molecular weight excluding hydrogens is 326 g/mol. The Morgan fingerprint density at radius 3 is 1.75 bits per heavy atom. The summed E-state index contributed by atoms with van der Waals surface area (Å²) in [5.41, 5.74) is 0. The molecule has 0 aliphatic carbocycles. The molecule has 0 aromatic rings. The summed E-state index contributed by atoms with van der Waals surface area (Å²) in [6.45, 7) is 0. The van der Waals surface area contributed by atoms with Crippen molar-refractivity contribution in [3.63, 3.8) is 0 Å². The molecule has 0 radical (unpaired) electrons. The van der Waals surface area contributed by atoms with Gasteiger partial charge in [0.15, 0.2) is 0 Å². The van der Waals surface area contributed by atoms with Crippen LogP contribution in [0.4, 0.5) is 0 Å². The molecule has 0 spiro atoms. The first-order valence-electron chi connectivity index (χ1n) is 6.89. The van der Waals surface area contributed by atoms with Crippen molar-refractivity contribution in [3.8, 4) is 0 Å². The Hall–Kier alpha value is -2.65. The van der Waals surface area contributed by atoms with Gasteiger partial charge in [-0.1, -0.05) is 0 Å². The third-order valence-electron chi connectivity index (χ3n) is 3.08. The van der Waals surface area contributed by atoms with E-state index in [9.17, 15) is 24.0 Å². The molecule has 136 valence electrons. The second-order valence-corrected chi connectivity index (χ2v) is 4.55. The first-order valence-corrected chi connectivity index (χ1v) is 6.89. The first-order chi connectivity index (χ1) is 11.3. The zero-order chi connectivity index (χ0) is 18.7. The molecule has 0 aromatic heterocycles. The van der Waals surface area contributed by atoms with Crippen LogP contribution in [0, 0.1) is 5.92 Å². The number of rotatable bonds is 9. The van der Waals surface area contributed by atoms with Crippen LogP contribution in [0.25, 0.3) is 0 Å². The van der Waals surface area contributed by atoms with Crippen LogP contribution in [0.2, 0.25) is 0 Å². The van der Waals surface area contributed by atoms with E-state index >= 15 is 0 Å². The summed E-state index contributed by atoms with van der Waals surface area (Å²) in [4.78, 5) is 58.1. The molecule has 24 heavy (non-hydrogen) atoms. The molecule has 0 aliphatic heterocycles. The van der Waals surface area contributed by atoms with Crippen LogP contribution >= 0.6 is 0 Å². The van der Waals surface area contributed by atoms with E-state index in [1.165, 1.54) is 7.11 Å². The Balaban J connectivity index is 5.19. The van der Waals surface area contributed by atoms with Crippen molar-refractivity contribution in [2.45, 2.75) is 25.3 Å². The maximum absolute atomic E-state index is 11.9. The van der Waals surface area contributed by atoms with Crippen molar-refractivity contribution >= 4 is 29.8 Å². The third-order valence-corrected chi connectivity index (χ3v) is 3.08. The van der Waals surface area contributed by atoms with E-state index in [-0.39, 0.29) is 12.8 Å².